The van der Waals surface area contributed by atoms with Crippen LogP contribution in [0.2, 0.25) is 0 Å². The number of carbonyl (C=O) groups excluding carboxylic acids is 1. The molecule has 29 heavy (non-hydrogen) atoms. The molecule has 1 atom stereocenters. The van der Waals surface area contributed by atoms with Gasteiger partial charge in [-0.15, -0.1) is 0 Å². The van der Waals surface area contributed by atoms with Crippen LogP contribution in [0.5, 0.6) is 17.2 Å². The summed E-state index contributed by atoms with van der Waals surface area (Å²) in [6.45, 7) is 6.86. The maximum atomic E-state index is 12.7. The van der Waals surface area contributed by atoms with Crippen LogP contribution in [0.15, 0.2) is 30.3 Å². The first-order valence-corrected chi connectivity index (χ1v) is 9.87. The lowest BCUT2D eigenvalue weighted by Gasteiger charge is -2.20. The predicted molar refractivity (Wildman–Crippen MR) is 115 cm³/mol. The van der Waals surface area contributed by atoms with Gasteiger partial charge in [0.2, 0.25) is 5.75 Å². The van der Waals surface area contributed by atoms with Crippen molar-refractivity contribution in [2.75, 3.05) is 45.9 Å². The van der Waals surface area contributed by atoms with Crippen molar-refractivity contribution in [1.82, 2.24) is 5.32 Å². The molecule has 1 N–H and O–H groups in total. The lowest BCUT2D eigenvalue weighted by atomic mass is 10.1. The van der Waals surface area contributed by atoms with E-state index in [-0.39, 0.29) is 5.91 Å². The molecule has 2 aromatic rings. The molecule has 6 nitrogen and oxygen atoms in total. The largest absolute Gasteiger partial charge is 0.493 e. The third-order valence-corrected chi connectivity index (χ3v) is 5.62. The summed E-state index contributed by atoms with van der Waals surface area (Å²) >= 11 is 0. The minimum Gasteiger partial charge on any atom is -0.493 e. The molecular formula is C23H30N2O4. The van der Waals surface area contributed by atoms with Gasteiger partial charge >= 0.3 is 0 Å². The van der Waals surface area contributed by atoms with Crippen LogP contribution < -0.4 is 24.4 Å². The highest BCUT2D eigenvalue weighted by Crippen LogP contribution is 2.38. The minimum atomic E-state index is -0.145. The quantitative estimate of drug-likeness (QED) is 0.772. The van der Waals surface area contributed by atoms with Crippen LogP contribution in [-0.2, 0) is 0 Å². The number of rotatable bonds is 7. The average molecular weight is 399 g/mol. The van der Waals surface area contributed by atoms with Gasteiger partial charge in [-0.3, -0.25) is 4.79 Å². The van der Waals surface area contributed by atoms with Crippen LogP contribution in [0.3, 0.4) is 0 Å². The number of amides is 1. The van der Waals surface area contributed by atoms with E-state index in [2.05, 4.69) is 42.3 Å². The Morgan fingerprint density at radius 1 is 1.03 bits per heavy atom. The van der Waals surface area contributed by atoms with E-state index in [4.69, 9.17) is 14.2 Å². The maximum absolute atomic E-state index is 12.7. The first-order valence-electron chi connectivity index (χ1n) is 9.87. The zero-order valence-electron chi connectivity index (χ0n) is 17.9. The van der Waals surface area contributed by atoms with Crippen molar-refractivity contribution in [3.05, 3.63) is 47.0 Å². The number of ether oxygens (including phenoxy) is 3. The van der Waals surface area contributed by atoms with Crippen molar-refractivity contribution in [2.24, 2.45) is 5.92 Å². The Hall–Kier alpha value is -2.89. The average Bonchev–Trinajstić information content (AvgIpc) is 3.21. The van der Waals surface area contributed by atoms with Crippen LogP contribution in [0, 0.1) is 19.8 Å². The van der Waals surface area contributed by atoms with Crippen LogP contribution in [-0.4, -0.2) is 46.9 Å². The Labute approximate surface area is 172 Å². The normalized spacial score (nSPS) is 15.9. The van der Waals surface area contributed by atoms with E-state index in [0.717, 1.165) is 19.5 Å². The van der Waals surface area contributed by atoms with E-state index in [1.165, 1.54) is 16.8 Å². The summed E-state index contributed by atoms with van der Waals surface area (Å²) < 4.78 is 16.0. The molecule has 1 aliphatic heterocycles. The molecule has 3 rings (SSSR count). The summed E-state index contributed by atoms with van der Waals surface area (Å²) in [5, 5.41) is 3.06. The molecule has 1 heterocycles. The summed E-state index contributed by atoms with van der Waals surface area (Å²) in [5.74, 6) is 1.69. The van der Waals surface area contributed by atoms with Gasteiger partial charge in [-0.2, -0.15) is 0 Å². The minimum absolute atomic E-state index is 0.145. The molecule has 0 saturated carbocycles. The summed E-state index contributed by atoms with van der Waals surface area (Å²) in [6.07, 6.45) is 1.06. The van der Waals surface area contributed by atoms with E-state index < -0.39 is 0 Å². The lowest BCUT2D eigenvalue weighted by Crippen LogP contribution is -2.31. The van der Waals surface area contributed by atoms with Gasteiger partial charge in [-0.25, -0.2) is 0 Å². The first-order chi connectivity index (χ1) is 14.0. The molecule has 1 aliphatic rings. The van der Waals surface area contributed by atoms with Crippen LogP contribution in [0.1, 0.15) is 27.9 Å². The van der Waals surface area contributed by atoms with Gasteiger partial charge in [0.25, 0.3) is 5.91 Å². The standard InChI is InChI=1S/C23H30N2O4/c1-15-6-7-19(10-16(15)2)25-9-8-17(14-25)13-24-23(26)18-11-20(27-3)22(29-5)21(12-18)28-4/h6-7,10-12,17H,8-9,13-14H2,1-5H3,(H,24,26). The second-order valence-electron chi connectivity index (χ2n) is 7.49. The Morgan fingerprint density at radius 2 is 1.72 bits per heavy atom. The van der Waals surface area contributed by atoms with Crippen LogP contribution in [0.4, 0.5) is 5.69 Å². The molecule has 1 unspecified atom stereocenters. The van der Waals surface area contributed by atoms with E-state index >= 15 is 0 Å². The Kier molecular flexibility index (Phi) is 6.52. The monoisotopic (exact) mass is 398 g/mol. The molecular weight excluding hydrogens is 368 g/mol. The number of methoxy groups -OCH3 is 3. The van der Waals surface area contributed by atoms with Gasteiger partial charge in [0.1, 0.15) is 0 Å². The van der Waals surface area contributed by atoms with Crippen LogP contribution in [0.25, 0.3) is 0 Å². The molecule has 0 radical (unpaired) electrons. The predicted octanol–water partition coefficient (Wildman–Crippen LogP) is 3.59. The first kappa shape index (κ1) is 20.8. The van der Waals surface area contributed by atoms with Crippen molar-refractivity contribution in [1.29, 1.82) is 0 Å². The molecule has 0 aliphatic carbocycles. The Balaban J connectivity index is 1.62. The highest BCUT2D eigenvalue weighted by molar-refractivity contribution is 5.95. The smallest absolute Gasteiger partial charge is 0.251 e. The third kappa shape index (κ3) is 4.58. The fraction of sp³-hybridized carbons (Fsp3) is 0.435. The third-order valence-electron chi connectivity index (χ3n) is 5.62. The van der Waals surface area contributed by atoms with Gasteiger partial charge in [0.05, 0.1) is 21.3 Å². The molecule has 156 valence electrons. The molecule has 0 aromatic heterocycles. The lowest BCUT2D eigenvalue weighted by molar-refractivity contribution is 0.0947. The molecule has 0 bridgehead atoms. The fourth-order valence-electron chi connectivity index (χ4n) is 3.71. The SMILES string of the molecule is COc1cc(C(=O)NCC2CCN(c3ccc(C)c(C)c3)C2)cc(OC)c1OC. The number of nitrogens with zero attached hydrogens (tertiary/aromatic N) is 1. The van der Waals surface area contributed by atoms with Gasteiger partial charge in [-0.1, -0.05) is 6.07 Å². The number of hydrogen-bond donors (Lipinski definition) is 1. The summed E-state index contributed by atoms with van der Waals surface area (Å²) in [5.41, 5.74) is 4.36. The van der Waals surface area contributed by atoms with Gasteiger partial charge < -0.3 is 24.4 Å². The van der Waals surface area contributed by atoms with Crippen molar-refractivity contribution in [3.8, 4) is 17.2 Å². The fourth-order valence-corrected chi connectivity index (χ4v) is 3.71. The zero-order chi connectivity index (χ0) is 21.0. The van der Waals surface area contributed by atoms with Crippen molar-refractivity contribution >= 4 is 11.6 Å². The second kappa shape index (κ2) is 9.07. The van der Waals surface area contributed by atoms with E-state index in [0.29, 0.717) is 35.3 Å². The number of benzene rings is 2. The van der Waals surface area contributed by atoms with Crippen molar-refractivity contribution in [3.63, 3.8) is 0 Å². The summed E-state index contributed by atoms with van der Waals surface area (Å²) in [6, 6.07) is 9.94. The van der Waals surface area contributed by atoms with E-state index in [9.17, 15) is 4.79 Å². The maximum Gasteiger partial charge on any atom is 0.251 e. The molecule has 2 aromatic carbocycles. The topological polar surface area (TPSA) is 60.0 Å². The van der Waals surface area contributed by atoms with Gasteiger partial charge in [0.15, 0.2) is 11.5 Å². The Bertz CT molecular complexity index is 856. The molecule has 1 saturated heterocycles. The summed E-state index contributed by atoms with van der Waals surface area (Å²) in [7, 11) is 4.62. The number of nitrogens with one attached hydrogen (secondary N) is 1. The highest BCUT2D eigenvalue weighted by Gasteiger charge is 2.24. The second-order valence-corrected chi connectivity index (χ2v) is 7.49. The Morgan fingerprint density at radius 3 is 2.31 bits per heavy atom. The van der Waals surface area contributed by atoms with Gasteiger partial charge in [-0.05, 0) is 61.6 Å². The molecule has 0 spiro atoms. The zero-order valence-corrected chi connectivity index (χ0v) is 17.9. The van der Waals surface area contributed by atoms with Crippen molar-refractivity contribution < 1.29 is 19.0 Å². The van der Waals surface area contributed by atoms with E-state index in [1.54, 1.807) is 33.5 Å². The number of anilines is 1. The summed E-state index contributed by atoms with van der Waals surface area (Å²) in [4.78, 5) is 15.1. The highest BCUT2D eigenvalue weighted by atomic mass is 16.5. The number of hydrogen-bond acceptors (Lipinski definition) is 5. The number of carbonyl (C=O) groups is 1. The molecule has 1 fully saturated rings. The van der Waals surface area contributed by atoms with E-state index in [1.807, 2.05) is 0 Å². The van der Waals surface area contributed by atoms with Crippen molar-refractivity contribution in [2.45, 2.75) is 20.3 Å². The molecule has 1 amide bonds. The van der Waals surface area contributed by atoms with Crippen LogP contribution >= 0.6 is 0 Å². The van der Waals surface area contributed by atoms with Gasteiger partial charge in [0, 0.05) is 30.9 Å². The molecule has 6 heteroatoms. The number of aryl methyl sites for hydroxylation is 2.